The van der Waals surface area contributed by atoms with Crippen molar-refractivity contribution in [3.8, 4) is 0 Å². The molecule has 0 aromatic carbocycles. The molecule has 0 aromatic rings. The molecular formula is C6H10Cl3NO. The van der Waals surface area contributed by atoms with Gasteiger partial charge in [0, 0.05) is 0 Å². The van der Waals surface area contributed by atoms with Crippen LogP contribution in [0, 0.1) is 11.3 Å². The van der Waals surface area contributed by atoms with E-state index in [0.29, 0.717) is 12.5 Å². The fourth-order valence-corrected chi connectivity index (χ4v) is 0.495. The maximum Gasteiger partial charge on any atom is 0.265 e. The third kappa shape index (κ3) is 5.59. The number of hydrogen-bond acceptors (Lipinski definition) is 2. The van der Waals surface area contributed by atoms with E-state index in [4.69, 9.17) is 44.9 Å². The Morgan fingerprint density at radius 2 is 1.91 bits per heavy atom. The summed E-state index contributed by atoms with van der Waals surface area (Å²) in [6, 6.07) is 0. The molecule has 0 fully saturated rings. The highest BCUT2D eigenvalue weighted by Crippen LogP contribution is 2.27. The first-order valence-corrected chi connectivity index (χ1v) is 4.26. The second-order valence-electron chi connectivity index (χ2n) is 2.53. The molecule has 0 bridgehead atoms. The fraction of sp³-hybridized carbons (Fsp3) is 0.833. The van der Waals surface area contributed by atoms with E-state index in [9.17, 15) is 0 Å². The summed E-state index contributed by atoms with van der Waals surface area (Å²) >= 11 is 16.0. The van der Waals surface area contributed by atoms with Crippen molar-refractivity contribution < 1.29 is 4.74 Å². The van der Waals surface area contributed by atoms with E-state index in [-0.39, 0.29) is 5.90 Å². The van der Waals surface area contributed by atoms with Crippen molar-refractivity contribution in [2.45, 2.75) is 17.6 Å². The summed E-state index contributed by atoms with van der Waals surface area (Å²) in [6.07, 6.45) is 0. The highest BCUT2D eigenvalue weighted by atomic mass is 35.6. The monoisotopic (exact) mass is 217 g/mol. The second-order valence-corrected chi connectivity index (χ2v) is 4.81. The normalized spacial score (nSPS) is 11.8. The van der Waals surface area contributed by atoms with Gasteiger partial charge in [-0.15, -0.1) is 0 Å². The third-order valence-electron chi connectivity index (χ3n) is 0.818. The van der Waals surface area contributed by atoms with Crippen LogP contribution in [0.1, 0.15) is 13.8 Å². The predicted octanol–water partition coefficient (Wildman–Crippen LogP) is 3.01. The maximum absolute atomic E-state index is 7.12. The first-order chi connectivity index (χ1) is 4.84. The molecule has 0 unspecified atom stereocenters. The van der Waals surface area contributed by atoms with Crippen LogP contribution in [0.5, 0.6) is 0 Å². The summed E-state index contributed by atoms with van der Waals surface area (Å²) in [7, 11) is 0. The topological polar surface area (TPSA) is 33.1 Å². The quantitative estimate of drug-likeness (QED) is 0.431. The average Bonchev–Trinajstić information content (AvgIpc) is 1.80. The molecular weight excluding hydrogens is 208 g/mol. The maximum atomic E-state index is 7.12. The zero-order valence-corrected chi connectivity index (χ0v) is 8.59. The standard InChI is InChI=1S/C6H10Cl3NO/c1-4(2)3-11-5(10)6(7,8)9/h4,10H,3H2,1-2H3. The lowest BCUT2D eigenvalue weighted by molar-refractivity contribution is 0.252. The van der Waals surface area contributed by atoms with Crippen molar-refractivity contribution in [3.05, 3.63) is 0 Å². The summed E-state index contributed by atoms with van der Waals surface area (Å²) in [5.74, 6) is -0.00102. The number of nitrogens with one attached hydrogen (secondary N) is 1. The molecule has 0 aliphatic carbocycles. The fourth-order valence-electron chi connectivity index (χ4n) is 0.332. The third-order valence-corrected chi connectivity index (χ3v) is 1.33. The zero-order chi connectivity index (χ0) is 9.07. The van der Waals surface area contributed by atoms with E-state index in [1.165, 1.54) is 0 Å². The highest BCUT2D eigenvalue weighted by Gasteiger charge is 2.28. The first kappa shape index (κ1) is 11.3. The smallest absolute Gasteiger partial charge is 0.265 e. The van der Waals surface area contributed by atoms with Gasteiger partial charge in [0.2, 0.25) is 5.90 Å². The Kier molecular flexibility index (Phi) is 4.52. The van der Waals surface area contributed by atoms with E-state index < -0.39 is 3.79 Å². The lowest BCUT2D eigenvalue weighted by atomic mass is 10.2. The molecule has 0 heterocycles. The molecule has 1 N–H and O–H groups in total. The van der Waals surface area contributed by atoms with Gasteiger partial charge in [0.25, 0.3) is 3.79 Å². The molecule has 0 aromatic heterocycles. The largest absolute Gasteiger partial charge is 0.478 e. The molecule has 66 valence electrons. The minimum atomic E-state index is -1.73. The van der Waals surface area contributed by atoms with E-state index in [1.54, 1.807) is 0 Å². The van der Waals surface area contributed by atoms with Crippen LogP contribution in [0.4, 0.5) is 0 Å². The molecule has 0 radical (unpaired) electrons. The molecule has 5 heteroatoms. The van der Waals surface area contributed by atoms with Crippen LogP contribution >= 0.6 is 34.8 Å². The van der Waals surface area contributed by atoms with Gasteiger partial charge in [0.15, 0.2) is 0 Å². The van der Waals surface area contributed by atoms with Gasteiger partial charge in [-0.2, -0.15) is 0 Å². The van der Waals surface area contributed by atoms with Crippen LogP contribution in [0.3, 0.4) is 0 Å². The number of ether oxygens (including phenoxy) is 1. The van der Waals surface area contributed by atoms with Crippen molar-refractivity contribution in [2.75, 3.05) is 6.61 Å². The summed E-state index contributed by atoms with van der Waals surface area (Å²) in [5, 5.41) is 7.12. The van der Waals surface area contributed by atoms with Gasteiger partial charge in [-0.1, -0.05) is 48.7 Å². The highest BCUT2D eigenvalue weighted by molar-refractivity contribution is 6.75. The summed E-state index contributed by atoms with van der Waals surface area (Å²) in [6.45, 7) is 4.30. The second kappa shape index (κ2) is 4.39. The summed E-state index contributed by atoms with van der Waals surface area (Å²) < 4.78 is 3.13. The van der Waals surface area contributed by atoms with Crippen LogP contribution in [0.15, 0.2) is 0 Å². The first-order valence-electron chi connectivity index (χ1n) is 3.12. The van der Waals surface area contributed by atoms with Gasteiger partial charge in [0.05, 0.1) is 6.61 Å². The molecule has 0 amide bonds. The van der Waals surface area contributed by atoms with Gasteiger partial charge < -0.3 is 4.74 Å². The van der Waals surface area contributed by atoms with Crippen molar-refractivity contribution in [1.29, 1.82) is 5.41 Å². The molecule has 11 heavy (non-hydrogen) atoms. The lowest BCUT2D eigenvalue weighted by Gasteiger charge is -2.14. The molecule has 0 aliphatic heterocycles. The van der Waals surface area contributed by atoms with E-state index in [1.807, 2.05) is 13.8 Å². The van der Waals surface area contributed by atoms with Crippen LogP contribution in [0.2, 0.25) is 0 Å². The van der Waals surface area contributed by atoms with Crippen LogP contribution in [-0.2, 0) is 4.74 Å². The summed E-state index contributed by atoms with van der Waals surface area (Å²) in [5.41, 5.74) is 0. The number of hydrogen-bond donors (Lipinski definition) is 1. The zero-order valence-electron chi connectivity index (χ0n) is 6.33. The Morgan fingerprint density at radius 3 is 2.18 bits per heavy atom. The minimum Gasteiger partial charge on any atom is -0.478 e. The molecule has 0 saturated heterocycles. The Bertz CT molecular complexity index is 141. The van der Waals surface area contributed by atoms with Crippen molar-refractivity contribution in [2.24, 2.45) is 5.92 Å². The SMILES string of the molecule is CC(C)COC(=N)C(Cl)(Cl)Cl. The van der Waals surface area contributed by atoms with E-state index in [0.717, 1.165) is 0 Å². The lowest BCUT2D eigenvalue weighted by Crippen LogP contribution is -2.22. The van der Waals surface area contributed by atoms with Gasteiger partial charge in [-0.3, -0.25) is 5.41 Å². The molecule has 2 nitrogen and oxygen atoms in total. The summed E-state index contributed by atoms with van der Waals surface area (Å²) in [4.78, 5) is 0. The molecule has 0 saturated carbocycles. The minimum absolute atomic E-state index is 0.322. The van der Waals surface area contributed by atoms with Crippen LogP contribution in [0.25, 0.3) is 0 Å². The van der Waals surface area contributed by atoms with E-state index in [2.05, 4.69) is 0 Å². The molecule has 0 aliphatic rings. The molecule has 0 rings (SSSR count). The molecule has 0 spiro atoms. The predicted molar refractivity (Wildman–Crippen MR) is 48.8 cm³/mol. The Hall–Kier alpha value is 0.340. The number of alkyl halides is 3. The van der Waals surface area contributed by atoms with Gasteiger partial charge in [-0.25, -0.2) is 0 Å². The average molecular weight is 219 g/mol. The van der Waals surface area contributed by atoms with Gasteiger partial charge >= 0.3 is 0 Å². The van der Waals surface area contributed by atoms with Gasteiger partial charge in [-0.05, 0) is 5.92 Å². The van der Waals surface area contributed by atoms with E-state index >= 15 is 0 Å². The Balaban J connectivity index is 3.71. The Labute approximate surface area is 81.3 Å². The van der Waals surface area contributed by atoms with Crippen LogP contribution < -0.4 is 0 Å². The molecule has 0 atom stereocenters. The van der Waals surface area contributed by atoms with Crippen molar-refractivity contribution >= 4 is 40.7 Å². The van der Waals surface area contributed by atoms with Crippen LogP contribution in [-0.4, -0.2) is 16.3 Å². The Morgan fingerprint density at radius 1 is 1.45 bits per heavy atom. The number of rotatable bonds is 2. The van der Waals surface area contributed by atoms with Crippen molar-refractivity contribution in [1.82, 2.24) is 0 Å². The van der Waals surface area contributed by atoms with Crippen molar-refractivity contribution in [3.63, 3.8) is 0 Å². The number of halogens is 3. The van der Waals surface area contributed by atoms with Gasteiger partial charge in [0.1, 0.15) is 0 Å².